The molecule has 0 bridgehead atoms. The van der Waals surface area contributed by atoms with Gasteiger partial charge in [0.25, 0.3) is 5.08 Å². The van der Waals surface area contributed by atoms with Gasteiger partial charge < -0.3 is 24.7 Å². The summed E-state index contributed by atoms with van der Waals surface area (Å²) in [6.07, 6.45) is 2.32. The van der Waals surface area contributed by atoms with Gasteiger partial charge in [-0.15, -0.1) is 0 Å². The largest absolute Gasteiger partial charge is 0.369 e. The molecule has 0 spiro atoms. The highest BCUT2D eigenvalue weighted by molar-refractivity contribution is 7.72. The highest BCUT2D eigenvalue weighted by Crippen LogP contribution is 2.68. The molecule has 0 unspecified atom stereocenters. The van der Waals surface area contributed by atoms with Gasteiger partial charge in [-0.05, 0) is 0 Å². The third-order valence-electron chi connectivity index (χ3n) is 2.42. The molecule has 0 fully saturated rings. The Morgan fingerprint density at radius 2 is 1.39 bits per heavy atom. The Balaban J connectivity index is 2.96. The lowest BCUT2D eigenvalue weighted by Gasteiger charge is -2.27. The first-order valence-corrected chi connectivity index (χ1v) is 8.08. The number of pyridine rings is 1. The molecule has 5 N–H and O–H groups in total. The monoisotopic (exact) mass is 298 g/mol. The molecule has 1 aromatic heterocycles. The van der Waals surface area contributed by atoms with Crippen LogP contribution < -0.4 is 4.57 Å². The minimum absolute atomic E-state index is 0.145. The summed E-state index contributed by atoms with van der Waals surface area (Å²) in [5.74, 6) is 0. The number of hydrogen-bond donors (Lipinski definition) is 5. The number of hydrogen-bond acceptors (Lipinski definition) is 3. The summed E-state index contributed by atoms with van der Waals surface area (Å²) in [6, 6.07) is 4.97. The van der Waals surface area contributed by atoms with Gasteiger partial charge in [0.1, 0.15) is 0 Å². The van der Waals surface area contributed by atoms with Crippen molar-refractivity contribution in [3.8, 4) is 0 Å². The van der Waals surface area contributed by atoms with E-state index in [9.17, 15) is 14.2 Å². The quantitative estimate of drug-likeness (QED) is 0.360. The van der Waals surface area contributed by atoms with Crippen LogP contribution >= 0.6 is 15.2 Å². The Morgan fingerprint density at radius 3 is 1.78 bits per heavy atom. The minimum atomic E-state index is -5.37. The van der Waals surface area contributed by atoms with Gasteiger partial charge in [-0.2, -0.15) is 0 Å². The van der Waals surface area contributed by atoms with Crippen molar-refractivity contribution in [2.24, 2.45) is 0 Å². The molecule has 8 nitrogen and oxygen atoms in total. The van der Waals surface area contributed by atoms with Gasteiger partial charge in [0.2, 0.25) is 0 Å². The summed E-state index contributed by atoms with van der Waals surface area (Å²) in [7, 11) is -10.7. The fraction of sp³-hybridized carbons (Fsp3) is 0.375. The predicted molar refractivity (Wildman–Crippen MR) is 60.3 cm³/mol. The number of aryl methyl sites for hydroxylation is 1. The maximum atomic E-state index is 11.1. The van der Waals surface area contributed by atoms with Crippen LogP contribution in [0.15, 0.2) is 30.6 Å². The first-order valence-electron chi connectivity index (χ1n) is 4.86. The highest BCUT2D eigenvalue weighted by Gasteiger charge is 2.59. The lowest BCUT2D eigenvalue weighted by Crippen LogP contribution is -2.39. The first-order chi connectivity index (χ1) is 8.08. The van der Waals surface area contributed by atoms with Gasteiger partial charge in [0.05, 0.1) is 6.42 Å². The summed E-state index contributed by atoms with van der Waals surface area (Å²) in [5, 5.41) is 6.25. The lowest BCUT2D eigenvalue weighted by molar-refractivity contribution is -0.698. The molecular weight excluding hydrogens is 284 g/mol. The number of aromatic nitrogens is 1. The Morgan fingerprint density at radius 1 is 0.944 bits per heavy atom. The Kier molecular flexibility index (Phi) is 4.46. The van der Waals surface area contributed by atoms with Crippen LogP contribution in [0.3, 0.4) is 0 Å². The van der Waals surface area contributed by atoms with E-state index in [4.69, 9.17) is 19.6 Å². The molecule has 0 aromatic carbocycles. The Labute approximate surface area is 103 Å². The lowest BCUT2D eigenvalue weighted by atomic mass is 10.4. The van der Waals surface area contributed by atoms with Gasteiger partial charge in [0.15, 0.2) is 18.9 Å². The van der Waals surface area contributed by atoms with Crippen LogP contribution in [0.4, 0.5) is 0 Å². The van der Waals surface area contributed by atoms with Crippen molar-refractivity contribution in [1.29, 1.82) is 0 Å². The fourth-order valence-corrected chi connectivity index (χ4v) is 3.46. The van der Waals surface area contributed by atoms with Gasteiger partial charge in [0, 0.05) is 12.1 Å². The van der Waals surface area contributed by atoms with E-state index in [1.807, 2.05) is 0 Å². The van der Waals surface area contributed by atoms with Gasteiger partial charge in [-0.3, -0.25) is 9.13 Å². The molecule has 10 heteroatoms. The maximum absolute atomic E-state index is 11.1. The Hall–Kier alpha value is -0.590. The first kappa shape index (κ1) is 15.5. The molecule has 1 heterocycles. The molecule has 0 aliphatic carbocycles. The van der Waals surface area contributed by atoms with E-state index >= 15 is 0 Å². The topological polar surface area (TPSA) is 139 Å². The second kappa shape index (κ2) is 5.19. The van der Waals surface area contributed by atoms with Crippen molar-refractivity contribution in [2.45, 2.75) is 18.0 Å². The van der Waals surface area contributed by atoms with E-state index in [0.717, 1.165) is 0 Å². The number of aliphatic hydroxyl groups is 1. The molecule has 1 rings (SSSR count). The second-order valence-electron chi connectivity index (χ2n) is 3.73. The van der Waals surface area contributed by atoms with E-state index in [1.54, 1.807) is 30.6 Å². The van der Waals surface area contributed by atoms with Crippen molar-refractivity contribution < 1.29 is 38.4 Å². The van der Waals surface area contributed by atoms with Crippen molar-refractivity contribution in [3.63, 3.8) is 0 Å². The minimum Gasteiger partial charge on any atom is -0.367 e. The third kappa shape index (κ3) is 3.24. The summed E-state index contributed by atoms with van der Waals surface area (Å²) >= 11 is 0. The molecule has 18 heavy (non-hydrogen) atoms. The van der Waals surface area contributed by atoms with Crippen molar-refractivity contribution in [3.05, 3.63) is 30.6 Å². The van der Waals surface area contributed by atoms with Crippen LogP contribution in [0.1, 0.15) is 6.42 Å². The molecule has 1 aromatic rings. The van der Waals surface area contributed by atoms with Gasteiger partial charge in [-0.25, -0.2) is 4.57 Å². The SMILES string of the molecule is O=P(O)(O)C(O)(CC[n+]1ccccc1)P(=O)(O)O. The highest BCUT2D eigenvalue weighted by atomic mass is 31.2. The molecule has 0 saturated heterocycles. The van der Waals surface area contributed by atoms with E-state index in [-0.39, 0.29) is 6.54 Å². The normalized spacial score (nSPS) is 13.6. The van der Waals surface area contributed by atoms with Crippen LogP contribution in [-0.2, 0) is 15.7 Å². The summed E-state index contributed by atoms with van der Waals surface area (Å²) in [5.41, 5.74) is 0. The van der Waals surface area contributed by atoms with Crippen molar-refractivity contribution in [2.75, 3.05) is 0 Å². The van der Waals surface area contributed by atoms with Crippen LogP contribution in [0.2, 0.25) is 0 Å². The average Bonchev–Trinajstić information content (AvgIpc) is 2.24. The molecule has 0 atom stereocenters. The standard InChI is InChI=1S/C8H13NO7P2/c10-8(17(11,12)13,18(14,15)16)4-7-9-5-2-1-3-6-9/h1-3,5-6,10H,4,7H2,(H3-,11,12,13,14,15,16)/p+1. The summed E-state index contributed by atoms with van der Waals surface area (Å²) in [6.45, 7) is -0.145. The smallest absolute Gasteiger partial charge is 0.367 e. The zero-order chi connectivity index (χ0) is 14.0. The Bertz CT molecular complexity index is 471. The van der Waals surface area contributed by atoms with Gasteiger partial charge >= 0.3 is 15.2 Å². The third-order valence-corrected chi connectivity index (χ3v) is 6.29. The van der Waals surface area contributed by atoms with E-state index in [2.05, 4.69) is 0 Å². The number of nitrogens with zero attached hydrogens (tertiary/aromatic N) is 1. The molecule has 0 amide bonds. The fourth-order valence-electron chi connectivity index (χ4n) is 1.32. The summed E-state index contributed by atoms with van der Waals surface area (Å²) in [4.78, 5) is 35.6. The average molecular weight is 298 g/mol. The maximum Gasteiger partial charge on any atom is 0.369 e. The molecule has 102 valence electrons. The van der Waals surface area contributed by atoms with Crippen LogP contribution in [0.25, 0.3) is 0 Å². The number of rotatable bonds is 5. The van der Waals surface area contributed by atoms with Crippen LogP contribution in [0.5, 0.6) is 0 Å². The van der Waals surface area contributed by atoms with Crippen molar-refractivity contribution >= 4 is 15.2 Å². The van der Waals surface area contributed by atoms with E-state index in [0.29, 0.717) is 0 Å². The summed E-state index contributed by atoms with van der Waals surface area (Å²) < 4.78 is 23.6. The van der Waals surface area contributed by atoms with Crippen molar-refractivity contribution in [1.82, 2.24) is 0 Å². The van der Waals surface area contributed by atoms with Crippen LogP contribution in [0, 0.1) is 0 Å². The molecule has 0 radical (unpaired) electrons. The molecule has 0 saturated carbocycles. The molecule has 0 aliphatic rings. The molecular formula is C8H14NO7P2+. The van der Waals surface area contributed by atoms with Crippen LogP contribution in [-0.4, -0.2) is 29.8 Å². The van der Waals surface area contributed by atoms with E-state index in [1.165, 1.54) is 4.57 Å². The predicted octanol–water partition coefficient (Wildman–Crippen LogP) is -0.634. The van der Waals surface area contributed by atoms with Gasteiger partial charge in [-0.1, -0.05) is 6.07 Å². The zero-order valence-corrected chi connectivity index (χ0v) is 11.0. The van der Waals surface area contributed by atoms with E-state index < -0.39 is 26.7 Å². The zero-order valence-electron chi connectivity index (χ0n) is 9.20. The second-order valence-corrected chi connectivity index (χ2v) is 7.73. The molecule has 0 aliphatic heterocycles.